The van der Waals surface area contributed by atoms with Crippen molar-refractivity contribution in [2.45, 2.75) is 26.2 Å². The number of amides is 1. The quantitative estimate of drug-likeness (QED) is 0.596. The Bertz CT molecular complexity index is 923. The van der Waals surface area contributed by atoms with E-state index < -0.39 is 11.9 Å². The summed E-state index contributed by atoms with van der Waals surface area (Å²) >= 11 is 0. The molecule has 5 nitrogen and oxygen atoms in total. The number of ether oxygens (including phenoxy) is 1. The Balaban J connectivity index is 1.41. The van der Waals surface area contributed by atoms with Crippen LogP contribution < -0.4 is 5.32 Å². The number of hydrogen-bond acceptors (Lipinski definition) is 4. The number of para-hydroxylation sites is 1. The molecule has 29 heavy (non-hydrogen) atoms. The third kappa shape index (κ3) is 3.95. The Hall–Kier alpha value is -2.95. The summed E-state index contributed by atoms with van der Waals surface area (Å²) in [4.78, 5) is 38.2. The first-order chi connectivity index (χ1) is 14.0. The second-order valence-electron chi connectivity index (χ2n) is 8.09. The minimum atomic E-state index is -0.451. The number of nitrogens with one attached hydrogen (secondary N) is 1. The first-order valence-corrected chi connectivity index (χ1v) is 10.2. The number of ketones is 1. The molecule has 2 aliphatic rings. The van der Waals surface area contributed by atoms with E-state index in [1.807, 2.05) is 43.3 Å². The van der Waals surface area contributed by atoms with Gasteiger partial charge < -0.3 is 10.1 Å². The van der Waals surface area contributed by atoms with Crippen molar-refractivity contribution in [3.05, 3.63) is 65.7 Å². The number of rotatable bonds is 6. The normalized spacial score (nSPS) is 24.9. The number of hydrogen-bond donors (Lipinski definition) is 1. The van der Waals surface area contributed by atoms with Crippen molar-refractivity contribution in [1.82, 2.24) is 0 Å². The van der Waals surface area contributed by atoms with Crippen LogP contribution in [0.5, 0.6) is 0 Å². The summed E-state index contributed by atoms with van der Waals surface area (Å²) in [5.41, 5.74) is 2.28. The topological polar surface area (TPSA) is 72.5 Å². The third-order valence-electron chi connectivity index (χ3n) is 6.31. The predicted octanol–water partition coefficient (Wildman–Crippen LogP) is 4.02. The summed E-state index contributed by atoms with van der Waals surface area (Å²) in [6, 6.07) is 16.6. The summed E-state index contributed by atoms with van der Waals surface area (Å²) in [6.45, 7) is 1.56. The van der Waals surface area contributed by atoms with Gasteiger partial charge in [-0.1, -0.05) is 48.5 Å². The van der Waals surface area contributed by atoms with Crippen molar-refractivity contribution in [2.75, 3.05) is 11.9 Å². The molecule has 0 aromatic heterocycles. The van der Waals surface area contributed by atoms with Gasteiger partial charge in [0.2, 0.25) is 0 Å². The van der Waals surface area contributed by atoms with Gasteiger partial charge in [-0.05, 0) is 49.7 Å². The van der Waals surface area contributed by atoms with Crippen molar-refractivity contribution in [3.63, 3.8) is 0 Å². The van der Waals surface area contributed by atoms with Gasteiger partial charge in [-0.15, -0.1) is 0 Å². The van der Waals surface area contributed by atoms with Crippen LogP contribution in [-0.4, -0.2) is 24.3 Å². The summed E-state index contributed by atoms with van der Waals surface area (Å²) < 4.78 is 5.37. The molecule has 0 spiro atoms. The molecule has 2 bridgehead atoms. The number of carbonyl (C=O) groups excluding carboxylic acids is 3. The van der Waals surface area contributed by atoms with E-state index in [0.29, 0.717) is 11.3 Å². The molecule has 2 saturated carbocycles. The monoisotopic (exact) mass is 391 g/mol. The summed E-state index contributed by atoms with van der Waals surface area (Å²) in [5.74, 6) is -1.18. The molecule has 1 amide bonds. The average molecular weight is 391 g/mol. The highest BCUT2D eigenvalue weighted by Gasteiger charge is 2.54. The molecule has 0 unspecified atom stereocenters. The SMILES string of the molecule is Cc1ccccc1NC(=O)COC(=O)[C@H]1[C@H]2CC[C@@H](C2)[C@H]1C(=O)c1ccccc1. The van der Waals surface area contributed by atoms with Gasteiger partial charge in [0, 0.05) is 17.2 Å². The zero-order valence-corrected chi connectivity index (χ0v) is 16.5. The van der Waals surface area contributed by atoms with Gasteiger partial charge in [-0.3, -0.25) is 14.4 Å². The molecule has 1 N–H and O–H groups in total. The third-order valence-corrected chi connectivity index (χ3v) is 6.31. The van der Waals surface area contributed by atoms with Crippen molar-refractivity contribution < 1.29 is 19.1 Å². The first kappa shape index (κ1) is 19.4. The molecule has 4 atom stereocenters. The minimum absolute atomic E-state index is 0.0177. The van der Waals surface area contributed by atoms with Crippen LogP contribution in [0.3, 0.4) is 0 Å². The predicted molar refractivity (Wildman–Crippen MR) is 109 cm³/mol. The van der Waals surface area contributed by atoms with E-state index >= 15 is 0 Å². The fourth-order valence-corrected chi connectivity index (χ4v) is 4.93. The van der Waals surface area contributed by atoms with Gasteiger partial charge >= 0.3 is 5.97 Å². The van der Waals surface area contributed by atoms with Crippen LogP contribution in [-0.2, 0) is 14.3 Å². The highest BCUT2D eigenvalue weighted by atomic mass is 16.5. The van der Waals surface area contributed by atoms with Crippen LogP contribution in [0, 0.1) is 30.6 Å². The van der Waals surface area contributed by atoms with Crippen molar-refractivity contribution in [2.24, 2.45) is 23.7 Å². The van der Waals surface area contributed by atoms with E-state index in [4.69, 9.17) is 4.74 Å². The molecule has 150 valence electrons. The summed E-state index contributed by atoms with van der Waals surface area (Å²) in [5, 5.41) is 2.77. The maximum atomic E-state index is 13.1. The highest BCUT2D eigenvalue weighted by Crippen LogP contribution is 2.53. The Morgan fingerprint density at radius 3 is 2.31 bits per heavy atom. The fraction of sp³-hybridized carbons (Fsp3) is 0.375. The molecular formula is C24H25NO4. The minimum Gasteiger partial charge on any atom is -0.455 e. The molecule has 4 rings (SSSR count). The van der Waals surface area contributed by atoms with Gasteiger partial charge in [-0.2, -0.15) is 0 Å². The maximum Gasteiger partial charge on any atom is 0.310 e. The van der Waals surface area contributed by atoms with E-state index in [1.165, 1.54) is 0 Å². The lowest BCUT2D eigenvalue weighted by Crippen LogP contribution is -2.37. The van der Waals surface area contributed by atoms with Crippen LogP contribution in [0.15, 0.2) is 54.6 Å². The number of esters is 1. The van der Waals surface area contributed by atoms with Crippen LogP contribution >= 0.6 is 0 Å². The molecule has 5 heteroatoms. The number of Topliss-reactive ketones (excluding diaryl/α,β-unsaturated/α-hetero) is 1. The molecule has 2 aliphatic carbocycles. The number of anilines is 1. The standard InChI is InChI=1S/C24H25NO4/c1-15-7-5-6-10-19(15)25-20(26)14-29-24(28)22-18-12-11-17(13-18)21(22)23(27)16-8-3-2-4-9-16/h2-10,17-18,21-22H,11-14H2,1H3,(H,25,26)/t17-,18-,21+,22-/m0/s1. The van der Waals surface area contributed by atoms with Crippen LogP contribution in [0.1, 0.15) is 35.2 Å². The van der Waals surface area contributed by atoms with E-state index in [-0.39, 0.29) is 36.1 Å². The second-order valence-corrected chi connectivity index (χ2v) is 8.09. The molecule has 2 fully saturated rings. The zero-order chi connectivity index (χ0) is 20.4. The van der Waals surface area contributed by atoms with E-state index in [0.717, 1.165) is 24.8 Å². The van der Waals surface area contributed by atoms with Gasteiger partial charge in [0.1, 0.15) is 0 Å². The lowest BCUT2D eigenvalue weighted by Gasteiger charge is -2.28. The second kappa shape index (κ2) is 8.19. The number of carbonyl (C=O) groups is 3. The Morgan fingerprint density at radius 1 is 0.931 bits per heavy atom. The smallest absolute Gasteiger partial charge is 0.310 e. The lowest BCUT2D eigenvalue weighted by atomic mass is 9.75. The van der Waals surface area contributed by atoms with Crippen molar-refractivity contribution in [1.29, 1.82) is 0 Å². The van der Waals surface area contributed by atoms with Gasteiger partial charge in [0.15, 0.2) is 12.4 Å². The zero-order valence-electron chi connectivity index (χ0n) is 16.5. The number of aryl methyl sites for hydroxylation is 1. The van der Waals surface area contributed by atoms with Gasteiger partial charge in [0.25, 0.3) is 5.91 Å². The van der Waals surface area contributed by atoms with Crippen molar-refractivity contribution >= 4 is 23.3 Å². The summed E-state index contributed by atoms with van der Waals surface area (Å²) in [7, 11) is 0. The largest absolute Gasteiger partial charge is 0.455 e. The van der Waals surface area contributed by atoms with Crippen molar-refractivity contribution in [3.8, 4) is 0 Å². The number of fused-ring (bicyclic) bond motifs is 2. The van der Waals surface area contributed by atoms with Gasteiger partial charge in [-0.25, -0.2) is 0 Å². The number of benzene rings is 2. The molecule has 0 heterocycles. The molecule has 0 saturated heterocycles. The maximum absolute atomic E-state index is 13.1. The molecule has 2 aromatic rings. The Labute approximate surface area is 170 Å². The van der Waals surface area contributed by atoms with Crippen LogP contribution in [0.2, 0.25) is 0 Å². The highest BCUT2D eigenvalue weighted by molar-refractivity contribution is 6.01. The average Bonchev–Trinajstić information content (AvgIpc) is 3.35. The van der Waals surface area contributed by atoms with E-state index in [2.05, 4.69) is 5.32 Å². The van der Waals surface area contributed by atoms with Crippen LogP contribution in [0.25, 0.3) is 0 Å². The lowest BCUT2D eigenvalue weighted by molar-refractivity contribution is -0.154. The summed E-state index contributed by atoms with van der Waals surface area (Å²) in [6.07, 6.45) is 2.81. The first-order valence-electron chi connectivity index (χ1n) is 10.2. The molecular weight excluding hydrogens is 366 g/mol. The van der Waals surface area contributed by atoms with E-state index in [9.17, 15) is 14.4 Å². The molecule has 2 aromatic carbocycles. The van der Waals surface area contributed by atoms with E-state index in [1.54, 1.807) is 18.2 Å². The molecule has 0 radical (unpaired) electrons. The Morgan fingerprint density at radius 2 is 1.59 bits per heavy atom. The van der Waals surface area contributed by atoms with Crippen LogP contribution in [0.4, 0.5) is 5.69 Å². The fourth-order valence-electron chi connectivity index (χ4n) is 4.93. The molecule has 0 aliphatic heterocycles. The Kier molecular flexibility index (Phi) is 5.47. The van der Waals surface area contributed by atoms with Gasteiger partial charge in [0.05, 0.1) is 5.92 Å².